The number of halogens is 1. The van der Waals surface area contributed by atoms with Crippen LogP contribution in [0.5, 0.6) is 0 Å². The normalized spacial score (nSPS) is 30.4. The van der Waals surface area contributed by atoms with Crippen LogP contribution in [-0.2, 0) is 9.78 Å². The maximum Gasteiger partial charge on any atom is 0.0858 e. The molecular weight excluding hydrogens is 219 g/mol. The fraction of sp³-hybridized carbons (Fsp3) is 1.00. The molecule has 2 nitrogen and oxygen atoms in total. The zero-order valence-electron chi connectivity index (χ0n) is 4.60. The van der Waals surface area contributed by atoms with Crippen molar-refractivity contribution in [1.29, 1.82) is 0 Å². The van der Waals surface area contributed by atoms with E-state index in [0.29, 0.717) is 0 Å². The van der Waals surface area contributed by atoms with Crippen LogP contribution in [0.2, 0.25) is 0 Å². The second-order valence-corrected chi connectivity index (χ2v) is 2.80. The van der Waals surface area contributed by atoms with Gasteiger partial charge in [-0.3, -0.25) is 0 Å². The Morgan fingerprint density at radius 3 is 2.75 bits per heavy atom. The van der Waals surface area contributed by atoms with Gasteiger partial charge in [0.05, 0.1) is 13.2 Å². The van der Waals surface area contributed by atoms with Gasteiger partial charge in [-0.15, -0.1) is 0 Å². The average Bonchev–Trinajstić information content (AvgIpc) is 1.90. The molecule has 0 aliphatic carbocycles. The molecular formula is C5H9IO2. The van der Waals surface area contributed by atoms with Gasteiger partial charge < -0.3 is 0 Å². The Hall–Kier alpha value is 0.650. The van der Waals surface area contributed by atoms with Crippen molar-refractivity contribution in [2.24, 2.45) is 5.92 Å². The van der Waals surface area contributed by atoms with Gasteiger partial charge in [0.15, 0.2) is 0 Å². The lowest BCUT2D eigenvalue weighted by atomic mass is 10.1. The van der Waals surface area contributed by atoms with Gasteiger partial charge >= 0.3 is 0 Å². The van der Waals surface area contributed by atoms with Gasteiger partial charge in [0.25, 0.3) is 0 Å². The summed E-state index contributed by atoms with van der Waals surface area (Å²) in [6.45, 7) is 1.55. The molecule has 1 atom stereocenters. The Morgan fingerprint density at radius 2 is 2.38 bits per heavy atom. The highest BCUT2D eigenvalue weighted by atomic mass is 127. The van der Waals surface area contributed by atoms with Gasteiger partial charge in [-0.05, 0) is 12.3 Å². The topological polar surface area (TPSA) is 18.5 Å². The van der Waals surface area contributed by atoms with Gasteiger partial charge in [-0.1, -0.05) is 22.6 Å². The molecule has 0 saturated carbocycles. The number of hydrogen-bond acceptors (Lipinski definition) is 2. The first kappa shape index (κ1) is 6.77. The van der Waals surface area contributed by atoms with E-state index in [1.807, 2.05) is 0 Å². The van der Waals surface area contributed by atoms with E-state index in [9.17, 15) is 0 Å². The molecule has 1 heterocycles. The van der Waals surface area contributed by atoms with Gasteiger partial charge in [0.1, 0.15) is 0 Å². The van der Waals surface area contributed by atoms with Gasteiger partial charge in [0.2, 0.25) is 0 Å². The molecule has 3 heteroatoms. The predicted octanol–water partition coefficient (Wildman–Crippen LogP) is 1.39. The monoisotopic (exact) mass is 228 g/mol. The van der Waals surface area contributed by atoms with Crippen LogP contribution in [0.15, 0.2) is 0 Å². The molecule has 48 valence electrons. The third-order valence-corrected chi connectivity index (χ3v) is 2.46. The lowest BCUT2D eigenvalue weighted by Crippen LogP contribution is -2.19. The quantitative estimate of drug-likeness (QED) is 0.383. The second kappa shape index (κ2) is 3.63. The summed E-state index contributed by atoms with van der Waals surface area (Å²) >= 11 is 2.37. The summed E-state index contributed by atoms with van der Waals surface area (Å²) < 4.78 is 1.18. The minimum Gasteiger partial charge on any atom is -0.237 e. The van der Waals surface area contributed by atoms with Crippen molar-refractivity contribution in [3.8, 4) is 0 Å². The Morgan fingerprint density at radius 1 is 1.50 bits per heavy atom. The molecule has 1 rings (SSSR count). The van der Waals surface area contributed by atoms with Crippen LogP contribution in [0.1, 0.15) is 6.42 Å². The Labute approximate surface area is 62.6 Å². The molecule has 1 aliphatic rings. The Kier molecular flexibility index (Phi) is 3.07. The molecule has 1 saturated heterocycles. The molecule has 1 fully saturated rings. The van der Waals surface area contributed by atoms with E-state index in [4.69, 9.17) is 9.78 Å². The molecule has 0 N–H and O–H groups in total. The maximum absolute atomic E-state index is 4.77. The van der Waals surface area contributed by atoms with Gasteiger partial charge in [-0.2, -0.15) is 0 Å². The van der Waals surface area contributed by atoms with Gasteiger partial charge in [-0.25, -0.2) is 9.78 Å². The molecule has 0 spiro atoms. The van der Waals surface area contributed by atoms with Crippen molar-refractivity contribution in [3.63, 3.8) is 0 Å². The van der Waals surface area contributed by atoms with E-state index in [1.54, 1.807) is 0 Å². The largest absolute Gasteiger partial charge is 0.237 e. The molecule has 0 radical (unpaired) electrons. The first-order valence-electron chi connectivity index (χ1n) is 2.74. The zero-order valence-corrected chi connectivity index (χ0v) is 6.76. The number of rotatable bonds is 1. The van der Waals surface area contributed by atoms with Crippen LogP contribution in [0.25, 0.3) is 0 Å². The van der Waals surface area contributed by atoms with Crippen LogP contribution < -0.4 is 0 Å². The fourth-order valence-electron chi connectivity index (χ4n) is 0.623. The van der Waals surface area contributed by atoms with E-state index in [0.717, 1.165) is 25.6 Å². The van der Waals surface area contributed by atoms with Crippen LogP contribution in [0.4, 0.5) is 0 Å². The molecule has 0 aromatic carbocycles. The predicted molar refractivity (Wildman–Crippen MR) is 38.9 cm³/mol. The number of alkyl halides is 1. The van der Waals surface area contributed by atoms with Crippen molar-refractivity contribution >= 4 is 22.6 Å². The summed E-state index contributed by atoms with van der Waals surface area (Å²) in [5, 5.41) is 0. The maximum atomic E-state index is 4.77. The molecule has 0 aromatic rings. The number of hydrogen-bond donors (Lipinski definition) is 0. The van der Waals surface area contributed by atoms with Crippen LogP contribution in [0.3, 0.4) is 0 Å². The summed E-state index contributed by atoms with van der Waals surface area (Å²) in [6.07, 6.45) is 1.16. The smallest absolute Gasteiger partial charge is 0.0858 e. The lowest BCUT2D eigenvalue weighted by molar-refractivity contribution is -0.322. The van der Waals surface area contributed by atoms with E-state index in [-0.39, 0.29) is 0 Å². The van der Waals surface area contributed by atoms with Crippen molar-refractivity contribution in [2.45, 2.75) is 6.42 Å². The third kappa shape index (κ3) is 1.87. The minimum atomic E-state index is 0.726. The Bertz CT molecular complexity index is 61.4. The first-order valence-corrected chi connectivity index (χ1v) is 4.26. The van der Waals surface area contributed by atoms with Crippen molar-refractivity contribution in [3.05, 3.63) is 0 Å². The Balaban J connectivity index is 2.13. The fourth-order valence-corrected chi connectivity index (χ4v) is 1.32. The van der Waals surface area contributed by atoms with Gasteiger partial charge in [0, 0.05) is 4.43 Å². The first-order chi connectivity index (χ1) is 3.93. The lowest BCUT2D eigenvalue weighted by Gasteiger charge is -2.18. The SMILES string of the molecule is ICC1CCOOC1. The third-order valence-electron chi connectivity index (χ3n) is 1.21. The van der Waals surface area contributed by atoms with Crippen molar-refractivity contribution in [2.75, 3.05) is 17.6 Å². The standard InChI is InChI=1S/C5H9IO2/c6-3-5-1-2-7-8-4-5/h5H,1-4H2. The molecule has 0 aromatic heterocycles. The van der Waals surface area contributed by atoms with Crippen molar-refractivity contribution in [1.82, 2.24) is 0 Å². The van der Waals surface area contributed by atoms with E-state index in [1.165, 1.54) is 4.43 Å². The molecule has 0 bridgehead atoms. The highest BCUT2D eigenvalue weighted by molar-refractivity contribution is 14.1. The summed E-state index contributed by atoms with van der Waals surface area (Å²) in [6, 6.07) is 0. The summed E-state index contributed by atoms with van der Waals surface area (Å²) in [4.78, 5) is 9.47. The van der Waals surface area contributed by atoms with Crippen LogP contribution in [-0.4, -0.2) is 17.6 Å². The van der Waals surface area contributed by atoms with E-state index >= 15 is 0 Å². The molecule has 1 aliphatic heterocycles. The molecule has 1 unspecified atom stereocenters. The summed E-state index contributed by atoms with van der Waals surface area (Å²) in [7, 11) is 0. The molecule has 0 amide bonds. The minimum absolute atomic E-state index is 0.726. The second-order valence-electron chi connectivity index (χ2n) is 1.92. The highest BCUT2D eigenvalue weighted by Crippen LogP contribution is 2.12. The van der Waals surface area contributed by atoms with Crippen LogP contribution in [0, 0.1) is 5.92 Å². The van der Waals surface area contributed by atoms with E-state index < -0.39 is 0 Å². The van der Waals surface area contributed by atoms with Crippen LogP contribution >= 0.6 is 22.6 Å². The average molecular weight is 228 g/mol. The summed E-state index contributed by atoms with van der Waals surface area (Å²) in [5.74, 6) is 0.726. The summed E-state index contributed by atoms with van der Waals surface area (Å²) in [5.41, 5.74) is 0. The molecule has 8 heavy (non-hydrogen) atoms. The zero-order chi connectivity index (χ0) is 5.82. The van der Waals surface area contributed by atoms with E-state index in [2.05, 4.69) is 22.6 Å². The van der Waals surface area contributed by atoms with Crippen molar-refractivity contribution < 1.29 is 9.78 Å². The highest BCUT2D eigenvalue weighted by Gasteiger charge is 2.12.